The van der Waals surface area contributed by atoms with E-state index in [4.69, 9.17) is 5.73 Å². The first kappa shape index (κ1) is 13.5. The van der Waals surface area contributed by atoms with Crippen LogP contribution in [-0.2, 0) is 0 Å². The highest BCUT2D eigenvalue weighted by Gasteiger charge is 2.14. The first-order chi connectivity index (χ1) is 7.44. The van der Waals surface area contributed by atoms with Crippen molar-refractivity contribution in [3.8, 4) is 0 Å². The van der Waals surface area contributed by atoms with Crippen molar-refractivity contribution in [3.05, 3.63) is 28.2 Å². The molecule has 1 aromatic carbocycles. The molecule has 3 heteroatoms. The minimum absolute atomic E-state index is 0.219. The van der Waals surface area contributed by atoms with Crippen LogP contribution >= 0.6 is 15.9 Å². The van der Waals surface area contributed by atoms with Crippen molar-refractivity contribution in [2.45, 2.75) is 27.2 Å². The average molecular weight is 285 g/mol. The molecule has 0 saturated carbocycles. The standard InChI is InChI=1S/C13H21BrN2/c1-10-8-11(14)4-5-12(10)16-7-6-13(2,3)9-15/h4-5,8,16H,6-7,9,15H2,1-3H3. The van der Waals surface area contributed by atoms with Crippen LogP contribution < -0.4 is 11.1 Å². The lowest BCUT2D eigenvalue weighted by Gasteiger charge is -2.22. The van der Waals surface area contributed by atoms with Gasteiger partial charge in [-0.05, 0) is 49.1 Å². The Morgan fingerprint density at radius 3 is 2.62 bits per heavy atom. The van der Waals surface area contributed by atoms with Crippen molar-refractivity contribution in [3.63, 3.8) is 0 Å². The van der Waals surface area contributed by atoms with Crippen LogP contribution in [0.25, 0.3) is 0 Å². The molecule has 0 aliphatic heterocycles. The van der Waals surface area contributed by atoms with E-state index in [-0.39, 0.29) is 5.41 Å². The van der Waals surface area contributed by atoms with Crippen LogP contribution in [0.1, 0.15) is 25.8 Å². The van der Waals surface area contributed by atoms with E-state index in [1.54, 1.807) is 0 Å². The van der Waals surface area contributed by atoms with Gasteiger partial charge in [-0.3, -0.25) is 0 Å². The van der Waals surface area contributed by atoms with Crippen LogP contribution in [0.3, 0.4) is 0 Å². The van der Waals surface area contributed by atoms with E-state index in [9.17, 15) is 0 Å². The van der Waals surface area contributed by atoms with Gasteiger partial charge in [0.15, 0.2) is 0 Å². The fourth-order valence-electron chi connectivity index (χ4n) is 1.46. The van der Waals surface area contributed by atoms with E-state index < -0.39 is 0 Å². The summed E-state index contributed by atoms with van der Waals surface area (Å²) in [5.41, 5.74) is 8.39. The van der Waals surface area contributed by atoms with Gasteiger partial charge >= 0.3 is 0 Å². The smallest absolute Gasteiger partial charge is 0.0370 e. The van der Waals surface area contributed by atoms with Gasteiger partial charge in [-0.2, -0.15) is 0 Å². The minimum Gasteiger partial charge on any atom is -0.385 e. The lowest BCUT2D eigenvalue weighted by atomic mass is 9.90. The number of aryl methyl sites for hydroxylation is 1. The number of anilines is 1. The number of nitrogens with two attached hydrogens (primary N) is 1. The Morgan fingerprint density at radius 1 is 1.38 bits per heavy atom. The van der Waals surface area contributed by atoms with Crippen molar-refractivity contribution >= 4 is 21.6 Å². The van der Waals surface area contributed by atoms with Crippen LogP contribution in [0.5, 0.6) is 0 Å². The zero-order valence-electron chi connectivity index (χ0n) is 10.3. The van der Waals surface area contributed by atoms with Gasteiger partial charge in [-0.15, -0.1) is 0 Å². The van der Waals surface area contributed by atoms with E-state index in [1.165, 1.54) is 11.3 Å². The normalized spacial score (nSPS) is 11.6. The second kappa shape index (κ2) is 5.69. The fraction of sp³-hybridized carbons (Fsp3) is 0.538. The number of nitrogens with one attached hydrogen (secondary N) is 1. The number of halogens is 1. The highest BCUT2D eigenvalue weighted by atomic mass is 79.9. The molecule has 0 amide bonds. The Balaban J connectivity index is 2.49. The number of hydrogen-bond donors (Lipinski definition) is 2. The first-order valence-corrected chi connectivity index (χ1v) is 6.44. The fourth-order valence-corrected chi connectivity index (χ4v) is 1.94. The summed E-state index contributed by atoms with van der Waals surface area (Å²) in [6, 6.07) is 6.29. The molecule has 90 valence electrons. The average Bonchev–Trinajstić information content (AvgIpc) is 2.21. The second-order valence-electron chi connectivity index (χ2n) is 5.00. The van der Waals surface area contributed by atoms with Gasteiger partial charge in [-0.25, -0.2) is 0 Å². The molecule has 2 nitrogen and oxygen atoms in total. The van der Waals surface area contributed by atoms with Crippen molar-refractivity contribution in [1.29, 1.82) is 0 Å². The zero-order chi connectivity index (χ0) is 12.2. The molecule has 0 unspecified atom stereocenters. The molecule has 0 heterocycles. The van der Waals surface area contributed by atoms with E-state index in [2.05, 4.69) is 60.2 Å². The maximum Gasteiger partial charge on any atom is 0.0370 e. The molecule has 1 rings (SSSR count). The predicted molar refractivity (Wildman–Crippen MR) is 74.8 cm³/mol. The molecule has 3 N–H and O–H groups in total. The van der Waals surface area contributed by atoms with Gasteiger partial charge in [0.05, 0.1) is 0 Å². The Kier molecular flexibility index (Phi) is 4.81. The van der Waals surface area contributed by atoms with E-state index >= 15 is 0 Å². The van der Waals surface area contributed by atoms with Crippen LogP contribution in [0.15, 0.2) is 22.7 Å². The molecule has 0 saturated heterocycles. The van der Waals surface area contributed by atoms with Crippen molar-refractivity contribution in [1.82, 2.24) is 0 Å². The Bertz CT molecular complexity index is 348. The first-order valence-electron chi connectivity index (χ1n) is 5.65. The molecular weight excluding hydrogens is 264 g/mol. The molecule has 0 fully saturated rings. The lowest BCUT2D eigenvalue weighted by molar-refractivity contribution is 0.358. The van der Waals surface area contributed by atoms with E-state index in [0.717, 1.165) is 24.0 Å². The molecule has 1 aromatic rings. The SMILES string of the molecule is Cc1cc(Br)ccc1NCCC(C)(C)CN. The summed E-state index contributed by atoms with van der Waals surface area (Å²) in [5.74, 6) is 0. The Morgan fingerprint density at radius 2 is 2.06 bits per heavy atom. The highest BCUT2D eigenvalue weighted by Crippen LogP contribution is 2.22. The third kappa shape index (κ3) is 4.14. The summed E-state index contributed by atoms with van der Waals surface area (Å²) >= 11 is 3.46. The summed E-state index contributed by atoms with van der Waals surface area (Å²) < 4.78 is 1.12. The van der Waals surface area contributed by atoms with Gasteiger partial charge in [-0.1, -0.05) is 29.8 Å². The van der Waals surface area contributed by atoms with Crippen molar-refractivity contribution in [2.24, 2.45) is 11.1 Å². The molecule has 16 heavy (non-hydrogen) atoms. The summed E-state index contributed by atoms with van der Waals surface area (Å²) in [7, 11) is 0. The number of rotatable bonds is 5. The quantitative estimate of drug-likeness (QED) is 0.868. The monoisotopic (exact) mass is 284 g/mol. The number of hydrogen-bond acceptors (Lipinski definition) is 2. The van der Waals surface area contributed by atoms with Gasteiger partial charge < -0.3 is 11.1 Å². The molecule has 0 aliphatic rings. The molecule has 0 spiro atoms. The molecular formula is C13H21BrN2. The van der Waals surface area contributed by atoms with Crippen LogP contribution in [-0.4, -0.2) is 13.1 Å². The summed E-state index contributed by atoms with van der Waals surface area (Å²) in [6.07, 6.45) is 1.08. The van der Waals surface area contributed by atoms with Gasteiger partial charge in [0, 0.05) is 16.7 Å². The Hall–Kier alpha value is -0.540. The number of benzene rings is 1. The second-order valence-corrected chi connectivity index (χ2v) is 5.92. The van der Waals surface area contributed by atoms with E-state index in [0.29, 0.717) is 0 Å². The summed E-state index contributed by atoms with van der Waals surface area (Å²) in [5, 5.41) is 3.45. The highest BCUT2D eigenvalue weighted by molar-refractivity contribution is 9.10. The maximum absolute atomic E-state index is 5.70. The zero-order valence-corrected chi connectivity index (χ0v) is 11.9. The third-order valence-corrected chi connectivity index (χ3v) is 3.35. The molecule has 0 atom stereocenters. The van der Waals surface area contributed by atoms with Crippen LogP contribution in [0.4, 0.5) is 5.69 Å². The molecule has 0 bridgehead atoms. The molecule has 0 aliphatic carbocycles. The van der Waals surface area contributed by atoms with E-state index in [1.807, 2.05) is 0 Å². The van der Waals surface area contributed by atoms with Crippen LogP contribution in [0.2, 0.25) is 0 Å². The van der Waals surface area contributed by atoms with Crippen LogP contribution in [0, 0.1) is 12.3 Å². The van der Waals surface area contributed by atoms with Gasteiger partial charge in [0.25, 0.3) is 0 Å². The van der Waals surface area contributed by atoms with Gasteiger partial charge in [0.2, 0.25) is 0 Å². The molecule has 0 radical (unpaired) electrons. The Labute approximate surface area is 107 Å². The lowest BCUT2D eigenvalue weighted by Crippen LogP contribution is -2.26. The largest absolute Gasteiger partial charge is 0.385 e. The topological polar surface area (TPSA) is 38.0 Å². The molecule has 0 aromatic heterocycles. The summed E-state index contributed by atoms with van der Waals surface area (Å²) in [6.45, 7) is 8.20. The minimum atomic E-state index is 0.219. The maximum atomic E-state index is 5.70. The van der Waals surface area contributed by atoms with Crippen molar-refractivity contribution in [2.75, 3.05) is 18.4 Å². The van der Waals surface area contributed by atoms with Crippen molar-refractivity contribution < 1.29 is 0 Å². The summed E-state index contributed by atoms with van der Waals surface area (Å²) in [4.78, 5) is 0. The third-order valence-electron chi connectivity index (χ3n) is 2.86. The van der Waals surface area contributed by atoms with Gasteiger partial charge in [0.1, 0.15) is 0 Å². The predicted octanol–water partition coefficient (Wildman–Crippen LogP) is 3.54.